The van der Waals surface area contributed by atoms with Crippen LogP contribution in [0.3, 0.4) is 0 Å². The number of thioether (sulfide) groups is 1. The average molecular weight is 283 g/mol. The number of pyridine rings is 1. The first kappa shape index (κ1) is 13.7. The third-order valence-electron chi connectivity index (χ3n) is 2.32. The summed E-state index contributed by atoms with van der Waals surface area (Å²) in [6.07, 6.45) is 0. The number of esters is 1. The second kappa shape index (κ2) is 5.97. The van der Waals surface area contributed by atoms with Crippen LogP contribution >= 0.6 is 11.8 Å². The summed E-state index contributed by atoms with van der Waals surface area (Å²) in [4.78, 5) is 15.3. The van der Waals surface area contributed by atoms with Gasteiger partial charge in [-0.1, -0.05) is 17.8 Å². The summed E-state index contributed by atoms with van der Waals surface area (Å²) in [5.74, 6) is -1.28. The van der Waals surface area contributed by atoms with Crippen LogP contribution in [0.25, 0.3) is 10.9 Å². The molecule has 0 aliphatic carbocycles. The maximum absolute atomic E-state index is 13.5. The van der Waals surface area contributed by atoms with E-state index in [9.17, 15) is 13.6 Å². The molecule has 1 aromatic carbocycles. The van der Waals surface area contributed by atoms with E-state index in [1.807, 2.05) is 0 Å². The molecule has 0 amide bonds. The molecule has 2 aromatic rings. The van der Waals surface area contributed by atoms with Gasteiger partial charge < -0.3 is 4.74 Å². The van der Waals surface area contributed by atoms with Crippen LogP contribution in [0.1, 0.15) is 6.92 Å². The smallest absolute Gasteiger partial charge is 0.351 e. The predicted octanol–water partition coefficient (Wildman–Crippen LogP) is 3.32. The van der Waals surface area contributed by atoms with Gasteiger partial charge >= 0.3 is 5.97 Å². The highest BCUT2D eigenvalue weighted by Crippen LogP contribution is 2.25. The van der Waals surface area contributed by atoms with Crippen molar-refractivity contribution in [3.63, 3.8) is 0 Å². The minimum absolute atomic E-state index is 0.129. The van der Waals surface area contributed by atoms with E-state index in [1.165, 1.54) is 24.3 Å². The van der Waals surface area contributed by atoms with Crippen molar-refractivity contribution in [1.82, 2.24) is 4.98 Å². The normalized spacial score (nSPS) is 12.4. The van der Waals surface area contributed by atoms with E-state index in [0.717, 1.165) is 0 Å². The van der Waals surface area contributed by atoms with Gasteiger partial charge in [-0.05, 0) is 31.2 Å². The van der Waals surface area contributed by atoms with Crippen molar-refractivity contribution in [1.29, 1.82) is 0 Å². The van der Waals surface area contributed by atoms with Crippen molar-refractivity contribution >= 4 is 28.6 Å². The Bertz CT molecular complexity index is 606. The van der Waals surface area contributed by atoms with Gasteiger partial charge in [0.15, 0.2) is 0 Å². The highest BCUT2D eigenvalue weighted by atomic mass is 32.2. The van der Waals surface area contributed by atoms with Crippen molar-refractivity contribution in [3.8, 4) is 0 Å². The molecule has 1 atom stereocenters. The molecule has 0 aliphatic heterocycles. The first-order chi connectivity index (χ1) is 9.10. The fourth-order valence-electron chi connectivity index (χ4n) is 1.51. The molecule has 0 radical (unpaired) electrons. The third kappa shape index (κ3) is 3.41. The van der Waals surface area contributed by atoms with Crippen LogP contribution in [0.2, 0.25) is 0 Å². The van der Waals surface area contributed by atoms with E-state index in [1.54, 1.807) is 13.0 Å². The number of alkyl halides is 1. The fourth-order valence-corrected chi connectivity index (χ4v) is 2.18. The molecule has 100 valence electrons. The first-order valence-electron chi connectivity index (χ1n) is 5.64. The fraction of sp³-hybridized carbons (Fsp3) is 0.231. The molecule has 19 heavy (non-hydrogen) atoms. The lowest BCUT2D eigenvalue weighted by molar-refractivity contribution is -0.145. The molecule has 0 N–H and O–H groups in total. The summed E-state index contributed by atoms with van der Waals surface area (Å²) in [7, 11) is 0. The van der Waals surface area contributed by atoms with Crippen molar-refractivity contribution in [2.75, 3.05) is 6.61 Å². The van der Waals surface area contributed by atoms with Crippen molar-refractivity contribution in [2.24, 2.45) is 0 Å². The molecule has 0 spiro atoms. The number of halogens is 2. The number of benzene rings is 1. The lowest BCUT2D eigenvalue weighted by Gasteiger charge is -2.07. The Hall–Kier alpha value is -1.69. The molecule has 1 unspecified atom stereocenters. The predicted molar refractivity (Wildman–Crippen MR) is 69.1 cm³/mol. The number of rotatable bonds is 4. The van der Waals surface area contributed by atoms with Crippen LogP contribution in [-0.4, -0.2) is 23.1 Å². The SMILES string of the molecule is CCOC(=O)C(F)Sc1ccc2cc(F)ccc2n1. The summed E-state index contributed by atoms with van der Waals surface area (Å²) < 4.78 is 31.1. The second-order valence-corrected chi connectivity index (χ2v) is 4.74. The lowest BCUT2D eigenvalue weighted by atomic mass is 10.2. The van der Waals surface area contributed by atoms with E-state index in [4.69, 9.17) is 0 Å². The van der Waals surface area contributed by atoms with Crippen molar-refractivity contribution in [2.45, 2.75) is 17.5 Å². The number of ether oxygens (including phenoxy) is 1. The van der Waals surface area contributed by atoms with Gasteiger partial charge in [0, 0.05) is 5.39 Å². The average Bonchev–Trinajstić information content (AvgIpc) is 2.39. The number of aromatic nitrogens is 1. The molecule has 0 saturated carbocycles. The van der Waals surface area contributed by atoms with E-state index in [-0.39, 0.29) is 12.4 Å². The maximum atomic E-state index is 13.5. The van der Waals surface area contributed by atoms with Crippen LogP contribution in [0, 0.1) is 5.82 Å². The first-order valence-corrected chi connectivity index (χ1v) is 6.52. The zero-order chi connectivity index (χ0) is 13.8. The zero-order valence-electron chi connectivity index (χ0n) is 10.1. The standard InChI is InChI=1S/C13H11F2NO2S/c1-2-18-13(17)12(15)19-11-6-3-8-7-9(14)4-5-10(8)16-11/h3-7,12H,2H2,1H3. The third-order valence-corrected chi connectivity index (χ3v) is 3.19. The van der Waals surface area contributed by atoms with Crippen LogP contribution in [0.4, 0.5) is 8.78 Å². The van der Waals surface area contributed by atoms with E-state index >= 15 is 0 Å². The number of hydrogen-bond donors (Lipinski definition) is 0. The zero-order valence-corrected chi connectivity index (χ0v) is 10.9. The van der Waals surface area contributed by atoms with Crippen molar-refractivity contribution in [3.05, 3.63) is 36.1 Å². The number of carbonyl (C=O) groups excluding carboxylic acids is 1. The number of fused-ring (bicyclic) bond motifs is 1. The van der Waals surface area contributed by atoms with E-state index in [2.05, 4.69) is 9.72 Å². The molecule has 1 heterocycles. The van der Waals surface area contributed by atoms with Gasteiger partial charge in [-0.15, -0.1) is 0 Å². The Morgan fingerprint density at radius 1 is 1.42 bits per heavy atom. The number of hydrogen-bond acceptors (Lipinski definition) is 4. The summed E-state index contributed by atoms with van der Waals surface area (Å²) >= 11 is 0.665. The van der Waals surface area contributed by atoms with Gasteiger partial charge in [0.05, 0.1) is 12.1 Å². The molecule has 3 nitrogen and oxygen atoms in total. The Morgan fingerprint density at radius 3 is 2.95 bits per heavy atom. The van der Waals surface area contributed by atoms with Gasteiger partial charge in [-0.25, -0.2) is 18.6 Å². The summed E-state index contributed by atoms with van der Waals surface area (Å²) in [5, 5.41) is 0.968. The maximum Gasteiger partial charge on any atom is 0.351 e. The lowest BCUT2D eigenvalue weighted by Crippen LogP contribution is -2.15. The van der Waals surface area contributed by atoms with Gasteiger partial charge in [-0.2, -0.15) is 0 Å². The van der Waals surface area contributed by atoms with Gasteiger partial charge in [0.1, 0.15) is 10.8 Å². The molecule has 0 bridgehead atoms. The summed E-state index contributed by atoms with van der Waals surface area (Å²) in [5.41, 5.74) is -1.27. The molecule has 0 fully saturated rings. The van der Waals surface area contributed by atoms with Gasteiger partial charge in [0.2, 0.25) is 5.50 Å². The largest absolute Gasteiger partial charge is 0.463 e. The number of carbonyl (C=O) groups is 1. The Labute approximate surface area is 113 Å². The highest BCUT2D eigenvalue weighted by Gasteiger charge is 2.20. The van der Waals surface area contributed by atoms with Crippen LogP contribution < -0.4 is 0 Å². The summed E-state index contributed by atoms with van der Waals surface area (Å²) in [6.45, 7) is 1.74. The molecular weight excluding hydrogens is 272 g/mol. The Balaban J connectivity index is 2.17. The van der Waals surface area contributed by atoms with Gasteiger partial charge in [0.25, 0.3) is 0 Å². The molecule has 2 rings (SSSR count). The molecule has 6 heteroatoms. The van der Waals surface area contributed by atoms with Crippen LogP contribution in [0.5, 0.6) is 0 Å². The topological polar surface area (TPSA) is 39.2 Å². The van der Waals surface area contributed by atoms with Crippen LogP contribution in [0.15, 0.2) is 35.4 Å². The minimum Gasteiger partial charge on any atom is -0.463 e. The Morgan fingerprint density at radius 2 is 2.21 bits per heavy atom. The molecule has 0 saturated heterocycles. The molecular formula is C13H11F2NO2S. The van der Waals surface area contributed by atoms with Crippen molar-refractivity contribution < 1.29 is 18.3 Å². The summed E-state index contributed by atoms with van der Waals surface area (Å²) in [6, 6.07) is 7.30. The Kier molecular flexibility index (Phi) is 4.31. The minimum atomic E-state index is -1.81. The van der Waals surface area contributed by atoms with E-state index < -0.39 is 11.5 Å². The second-order valence-electron chi connectivity index (χ2n) is 3.67. The molecule has 1 aromatic heterocycles. The van der Waals surface area contributed by atoms with Gasteiger partial charge in [-0.3, -0.25) is 0 Å². The number of nitrogens with zero attached hydrogens (tertiary/aromatic N) is 1. The monoisotopic (exact) mass is 283 g/mol. The highest BCUT2D eigenvalue weighted by molar-refractivity contribution is 8.00. The van der Waals surface area contributed by atoms with E-state index in [0.29, 0.717) is 27.7 Å². The van der Waals surface area contributed by atoms with Crippen LogP contribution in [-0.2, 0) is 9.53 Å². The quantitative estimate of drug-likeness (QED) is 0.637. The molecule has 0 aliphatic rings.